The van der Waals surface area contributed by atoms with E-state index in [1.807, 2.05) is 23.3 Å². The van der Waals surface area contributed by atoms with Crippen LogP contribution >= 0.6 is 0 Å². The van der Waals surface area contributed by atoms with Crippen molar-refractivity contribution < 1.29 is 31.8 Å². The molecule has 1 aliphatic rings. The van der Waals surface area contributed by atoms with Gasteiger partial charge in [-0.3, -0.25) is 14.9 Å². The molecule has 0 bridgehead atoms. The van der Waals surface area contributed by atoms with Gasteiger partial charge in [-0.05, 0) is 44.2 Å². The Morgan fingerprint density at radius 3 is 2.43 bits per heavy atom. The van der Waals surface area contributed by atoms with Gasteiger partial charge in [-0.15, -0.1) is 0 Å². The lowest BCUT2D eigenvalue weighted by molar-refractivity contribution is -0.0943. The average molecular weight is 544 g/mol. The van der Waals surface area contributed by atoms with Crippen LogP contribution in [-0.4, -0.2) is 77.3 Å². The smallest absolute Gasteiger partial charge is 0.392 e. The first-order valence-corrected chi connectivity index (χ1v) is 13.5. The van der Waals surface area contributed by atoms with Gasteiger partial charge in [0.1, 0.15) is 5.82 Å². The number of aliphatic imine (C=N–C) groups is 2. The normalized spacial score (nSPS) is 18.5. The summed E-state index contributed by atoms with van der Waals surface area (Å²) in [7, 11) is -3.58. The van der Waals surface area contributed by atoms with Crippen LogP contribution in [0.15, 0.2) is 38.3 Å². The number of allylic oxidation sites excluding steroid dienone is 1. The number of aliphatic hydroxyl groups is 2. The van der Waals surface area contributed by atoms with Crippen molar-refractivity contribution in [1.29, 1.82) is 0 Å². The molecule has 3 rings (SSSR count). The highest BCUT2D eigenvalue weighted by Gasteiger charge is 2.39. The summed E-state index contributed by atoms with van der Waals surface area (Å²) in [5.41, 5.74) is -2.22. The van der Waals surface area contributed by atoms with Crippen LogP contribution in [0.2, 0.25) is 0 Å². The van der Waals surface area contributed by atoms with Crippen molar-refractivity contribution in [1.82, 2.24) is 14.5 Å². The van der Waals surface area contributed by atoms with Crippen molar-refractivity contribution in [2.45, 2.75) is 63.6 Å². The van der Waals surface area contributed by atoms with Crippen LogP contribution in [0.1, 0.15) is 45.1 Å². The minimum Gasteiger partial charge on any atom is -0.392 e. The number of hydrogen-bond acceptors (Lipinski definition) is 8. The van der Waals surface area contributed by atoms with Crippen LogP contribution in [0.3, 0.4) is 0 Å². The molecule has 0 spiro atoms. The van der Waals surface area contributed by atoms with Crippen LogP contribution in [0, 0.1) is 5.92 Å². The molecule has 2 heterocycles. The number of benzene rings is 1. The molecule has 1 aliphatic heterocycles. The molecule has 0 amide bonds. The van der Waals surface area contributed by atoms with E-state index < -0.39 is 39.5 Å². The largest absolute Gasteiger partial charge is 0.433 e. The number of rotatable bonds is 8. The molecular formula is C24H32F3N5O4S. The highest BCUT2D eigenvalue weighted by atomic mass is 32.2. The van der Waals surface area contributed by atoms with Gasteiger partial charge in [0.15, 0.2) is 15.5 Å². The number of imidazole rings is 1. The Hall–Kier alpha value is -2.61. The lowest BCUT2D eigenvalue weighted by Gasteiger charge is -2.37. The summed E-state index contributed by atoms with van der Waals surface area (Å²) in [6.07, 6.45) is -2.74. The predicted octanol–water partition coefficient (Wildman–Crippen LogP) is 3.26. The zero-order valence-electron chi connectivity index (χ0n) is 21.4. The number of halogens is 3. The quantitative estimate of drug-likeness (QED) is 0.493. The molecule has 9 nitrogen and oxygen atoms in total. The third kappa shape index (κ3) is 5.95. The van der Waals surface area contributed by atoms with Crippen LogP contribution in [0.5, 0.6) is 0 Å². The zero-order chi connectivity index (χ0) is 27.9. The lowest BCUT2D eigenvalue weighted by atomic mass is 9.96. The first kappa shape index (κ1) is 29.0. The number of alkyl halides is 3. The first-order valence-electron chi connectivity index (χ1n) is 11.6. The topological polar surface area (TPSA) is 120 Å². The van der Waals surface area contributed by atoms with Crippen LogP contribution in [-0.2, 0) is 23.0 Å². The Balaban J connectivity index is 2.03. The van der Waals surface area contributed by atoms with E-state index in [1.165, 1.54) is 19.9 Å². The van der Waals surface area contributed by atoms with E-state index in [0.717, 1.165) is 12.5 Å². The molecule has 0 saturated carbocycles. The van der Waals surface area contributed by atoms with Crippen LogP contribution in [0.4, 0.5) is 13.2 Å². The van der Waals surface area contributed by atoms with E-state index in [2.05, 4.69) is 16.7 Å². The summed E-state index contributed by atoms with van der Waals surface area (Å²) >= 11 is 0. The highest BCUT2D eigenvalue weighted by Crippen LogP contribution is 2.36. The number of fused-ring (bicyclic) bond motifs is 3. The fourth-order valence-electron chi connectivity index (χ4n) is 4.63. The van der Waals surface area contributed by atoms with E-state index in [-0.39, 0.29) is 29.1 Å². The molecule has 13 heteroatoms. The van der Waals surface area contributed by atoms with Gasteiger partial charge in [-0.2, -0.15) is 13.2 Å². The number of aromatic nitrogens is 2. The van der Waals surface area contributed by atoms with E-state index in [9.17, 15) is 31.8 Å². The van der Waals surface area contributed by atoms with E-state index in [1.54, 1.807) is 6.07 Å². The van der Waals surface area contributed by atoms with E-state index in [0.29, 0.717) is 29.9 Å². The maximum atomic E-state index is 13.4. The van der Waals surface area contributed by atoms with Crippen molar-refractivity contribution >= 4 is 33.8 Å². The summed E-state index contributed by atoms with van der Waals surface area (Å²) in [5.74, 6) is 0.700. The summed E-state index contributed by atoms with van der Waals surface area (Å²) in [4.78, 5) is 14.1. The summed E-state index contributed by atoms with van der Waals surface area (Å²) in [6, 6.07) is 2.82. The standard InChI is InChI=1S/C24H32F3N5O4S/c1-14(2)20-22-30-17-9-15(12-33)19(37(6,35)36)10-18(17)32(22)8-7-31(20)13-29-11-16(23(3,4)34)21(28-5)24(25,26)27/h9-11,14,20,33-34H,5,7-8,12-13H2,1-4,6H3/b21-16+,29-11-. The molecule has 0 radical (unpaired) electrons. The second-order valence-electron chi connectivity index (χ2n) is 9.93. The average Bonchev–Trinajstić information content (AvgIpc) is 3.12. The highest BCUT2D eigenvalue weighted by molar-refractivity contribution is 7.90. The van der Waals surface area contributed by atoms with E-state index in [4.69, 9.17) is 4.98 Å². The SMILES string of the molecule is C=N/C(=C(\C=N/CN1CCn2c(nc3cc(CO)c(S(C)(=O)=O)cc32)C1C(C)C)C(C)(C)O)C(F)(F)F. The first-order chi connectivity index (χ1) is 17.0. The molecule has 0 saturated heterocycles. The molecule has 0 aliphatic carbocycles. The molecule has 0 fully saturated rings. The molecule has 1 unspecified atom stereocenters. The third-order valence-corrected chi connectivity index (χ3v) is 7.43. The molecule has 204 valence electrons. The molecule has 1 aromatic heterocycles. The van der Waals surface area contributed by atoms with Gasteiger partial charge in [-0.1, -0.05) is 13.8 Å². The Kier molecular flexibility index (Phi) is 8.04. The molecule has 37 heavy (non-hydrogen) atoms. The maximum absolute atomic E-state index is 13.4. The molecule has 1 atom stereocenters. The third-order valence-electron chi connectivity index (χ3n) is 6.25. The Morgan fingerprint density at radius 2 is 1.95 bits per heavy atom. The lowest BCUT2D eigenvalue weighted by Crippen LogP contribution is -2.41. The summed E-state index contributed by atoms with van der Waals surface area (Å²) < 4.78 is 66.8. The minimum absolute atomic E-state index is 0.0302. The van der Waals surface area contributed by atoms with Crippen molar-refractivity contribution in [2.24, 2.45) is 15.9 Å². The van der Waals surface area contributed by atoms with E-state index >= 15 is 0 Å². The molecule has 1 aromatic carbocycles. The van der Waals surface area contributed by atoms with Gasteiger partial charge in [0.05, 0.1) is 40.8 Å². The minimum atomic E-state index is -4.81. The van der Waals surface area contributed by atoms with Crippen molar-refractivity contribution in [2.75, 3.05) is 19.5 Å². The Morgan fingerprint density at radius 1 is 1.30 bits per heavy atom. The fourth-order valence-corrected chi connectivity index (χ4v) is 5.55. The summed E-state index contributed by atoms with van der Waals surface area (Å²) in [5, 5.41) is 20.0. The molecule has 2 N–H and O–H groups in total. The van der Waals surface area contributed by atoms with Gasteiger partial charge in [0, 0.05) is 31.1 Å². The second-order valence-corrected chi connectivity index (χ2v) is 11.9. The fraction of sp³-hybridized carbons (Fsp3) is 0.542. The van der Waals surface area contributed by atoms with Crippen molar-refractivity contribution in [3.63, 3.8) is 0 Å². The van der Waals surface area contributed by atoms with Crippen molar-refractivity contribution in [3.05, 3.63) is 34.8 Å². The monoisotopic (exact) mass is 543 g/mol. The summed E-state index contributed by atoms with van der Waals surface area (Å²) in [6.45, 7) is 9.89. The van der Waals surface area contributed by atoms with Crippen molar-refractivity contribution in [3.8, 4) is 0 Å². The number of aliphatic hydroxyl groups excluding tert-OH is 1. The Labute approximate surface area is 214 Å². The Bertz CT molecular complexity index is 1360. The number of hydrogen-bond donors (Lipinski definition) is 2. The van der Waals surface area contributed by atoms with Gasteiger partial charge < -0.3 is 14.8 Å². The van der Waals surface area contributed by atoms with Crippen LogP contribution < -0.4 is 0 Å². The van der Waals surface area contributed by atoms with Gasteiger partial charge in [-0.25, -0.2) is 13.4 Å². The molecular weight excluding hydrogens is 511 g/mol. The number of sulfone groups is 1. The predicted molar refractivity (Wildman–Crippen MR) is 135 cm³/mol. The van der Waals surface area contributed by atoms with Gasteiger partial charge in [0.25, 0.3) is 0 Å². The van der Waals surface area contributed by atoms with Gasteiger partial charge >= 0.3 is 6.18 Å². The molecule has 2 aromatic rings. The number of nitrogens with zero attached hydrogens (tertiary/aromatic N) is 5. The van der Waals surface area contributed by atoms with Crippen LogP contribution in [0.25, 0.3) is 11.0 Å². The second kappa shape index (κ2) is 10.3. The zero-order valence-corrected chi connectivity index (χ0v) is 22.2. The maximum Gasteiger partial charge on any atom is 0.433 e. The van der Waals surface area contributed by atoms with Gasteiger partial charge in [0.2, 0.25) is 0 Å².